The van der Waals surface area contributed by atoms with Crippen LogP contribution >= 0.6 is 0 Å². The van der Waals surface area contributed by atoms with Crippen molar-refractivity contribution in [3.8, 4) is 0 Å². The first-order valence-corrected chi connectivity index (χ1v) is 19.0. The van der Waals surface area contributed by atoms with Crippen LogP contribution in [0.15, 0.2) is 69.3 Å². The third-order valence-corrected chi connectivity index (χ3v) is 14.8. The normalized spacial score (nSPS) is 23.6. The van der Waals surface area contributed by atoms with Crippen LogP contribution < -0.4 is 0 Å². The first kappa shape index (κ1) is 38.1. The molecule has 49 heavy (non-hydrogen) atoms. The maximum atomic E-state index is 14.5. The summed E-state index contributed by atoms with van der Waals surface area (Å²) in [5.74, 6) is -2.56. The van der Waals surface area contributed by atoms with E-state index in [9.17, 15) is 60.1 Å². The van der Waals surface area contributed by atoms with Crippen molar-refractivity contribution in [3.05, 3.63) is 88.0 Å². The van der Waals surface area contributed by atoms with E-state index in [1.807, 2.05) is 0 Å². The lowest BCUT2D eigenvalue weighted by Crippen LogP contribution is -2.65. The number of benzene rings is 3. The number of carbonyl (C=O) groups excluding carboxylic acids is 3. The molecule has 4 N–H and O–H groups in total. The lowest BCUT2D eigenvalue weighted by Gasteiger charge is -2.36. The average molecular weight is 739 g/mol. The van der Waals surface area contributed by atoms with E-state index in [1.54, 1.807) is 0 Å². The van der Waals surface area contributed by atoms with Gasteiger partial charge in [-0.3, -0.25) is 14.4 Å². The minimum absolute atomic E-state index is 0.0184. The maximum Gasteiger partial charge on any atom is 0.324 e. The van der Waals surface area contributed by atoms with E-state index in [4.69, 9.17) is 4.74 Å². The Hall–Kier alpha value is -3.68. The quantitative estimate of drug-likeness (QED) is 0.215. The molecular weight excluding hydrogens is 705 g/mol. The van der Waals surface area contributed by atoms with Crippen molar-refractivity contribution in [2.45, 2.75) is 83.9 Å². The fourth-order valence-electron chi connectivity index (χ4n) is 6.13. The zero-order chi connectivity index (χ0) is 37.2. The van der Waals surface area contributed by atoms with Crippen LogP contribution in [0.5, 0.6) is 0 Å². The fourth-order valence-corrected chi connectivity index (χ4v) is 12.3. The summed E-state index contributed by atoms with van der Waals surface area (Å²) in [5, 5.41) is 42.5. The van der Waals surface area contributed by atoms with Crippen molar-refractivity contribution >= 4 is 46.9 Å². The molecule has 264 valence electrons. The van der Waals surface area contributed by atoms with E-state index in [-0.39, 0.29) is 16.7 Å². The monoisotopic (exact) mass is 738 g/mol. The Morgan fingerprint density at radius 1 is 0.653 bits per heavy atom. The Bertz CT molecular complexity index is 2240. The number of hydrogen-bond donors (Lipinski definition) is 4. The maximum absolute atomic E-state index is 14.5. The number of sulfone groups is 3. The Morgan fingerprint density at radius 2 is 1.00 bits per heavy atom. The zero-order valence-electron chi connectivity index (χ0n) is 27.0. The molecule has 0 aromatic heterocycles. The number of aliphatic hydroxyl groups excluding tert-OH is 2. The molecule has 1 heterocycles. The summed E-state index contributed by atoms with van der Waals surface area (Å²) in [6.45, 7) is 6.93. The highest BCUT2D eigenvalue weighted by Crippen LogP contribution is 2.52. The largest absolute Gasteiger partial charge is 0.386 e. The van der Waals surface area contributed by atoms with Crippen molar-refractivity contribution in [3.63, 3.8) is 0 Å². The Labute approximate surface area is 282 Å². The average Bonchev–Trinajstić information content (AvgIpc) is 3.22. The summed E-state index contributed by atoms with van der Waals surface area (Å²) in [7, 11) is -17.2. The Balaban J connectivity index is 2.11. The van der Waals surface area contributed by atoms with Crippen molar-refractivity contribution in [2.75, 3.05) is 0 Å². The predicted molar refractivity (Wildman–Crippen MR) is 172 cm³/mol. The number of Topliss-reactive ketones (excluding diaryl/α,β-unsaturated/α-hetero) is 3. The van der Waals surface area contributed by atoms with Crippen LogP contribution in [0.4, 0.5) is 0 Å². The standard InChI is InChI=1S/C32H34O14S3/c1-16-10-7-13-22(25(16)19(4)33)47(40,41)30(37)28-29(36)31(38,48(42,43)23-14-8-11-17(2)26(23)20(5)34)32(39,46-28)49(44,45)24-15-9-12-18(3)27(24)21(6)35/h7-15,28-30,36-39H,1-6H3/t28-,29-,30?,31-,32+/m0/s1. The molecule has 0 saturated carbocycles. The molecule has 1 aliphatic rings. The van der Waals surface area contributed by atoms with Gasteiger partial charge in [0.15, 0.2) is 22.8 Å². The molecule has 0 radical (unpaired) electrons. The highest BCUT2D eigenvalue weighted by atomic mass is 32.2. The van der Waals surface area contributed by atoms with E-state index < -0.39 is 106 Å². The van der Waals surface area contributed by atoms with Crippen LogP contribution in [-0.4, -0.2) is 90.7 Å². The summed E-state index contributed by atoms with van der Waals surface area (Å²) in [4.78, 5) is 30.2. The molecule has 17 heteroatoms. The van der Waals surface area contributed by atoms with Gasteiger partial charge < -0.3 is 25.2 Å². The van der Waals surface area contributed by atoms with Crippen LogP contribution in [0.25, 0.3) is 0 Å². The number of rotatable bonds is 10. The summed E-state index contributed by atoms with van der Waals surface area (Å²) in [6, 6.07) is 9.89. The van der Waals surface area contributed by atoms with Gasteiger partial charge in [-0.25, -0.2) is 25.3 Å². The van der Waals surface area contributed by atoms with Crippen LogP contribution in [0, 0.1) is 20.8 Å². The molecule has 1 unspecified atom stereocenters. The lowest BCUT2D eigenvalue weighted by atomic mass is 10.1. The predicted octanol–water partition coefficient (Wildman–Crippen LogP) is 1.35. The van der Waals surface area contributed by atoms with Crippen LogP contribution in [0.2, 0.25) is 0 Å². The van der Waals surface area contributed by atoms with Crippen molar-refractivity contribution in [1.29, 1.82) is 0 Å². The molecule has 1 saturated heterocycles. The van der Waals surface area contributed by atoms with Crippen LogP contribution in [-0.2, 0) is 34.2 Å². The van der Waals surface area contributed by atoms with E-state index in [0.717, 1.165) is 51.1 Å². The number of ketones is 3. The highest BCUT2D eigenvalue weighted by Gasteiger charge is 2.79. The Morgan fingerprint density at radius 3 is 1.39 bits per heavy atom. The smallest absolute Gasteiger partial charge is 0.324 e. The zero-order valence-corrected chi connectivity index (χ0v) is 29.5. The summed E-state index contributed by atoms with van der Waals surface area (Å²) in [5.41, 5.74) is -4.51. The van der Waals surface area contributed by atoms with E-state index >= 15 is 0 Å². The van der Waals surface area contributed by atoms with Gasteiger partial charge in [-0.05, 0) is 76.4 Å². The van der Waals surface area contributed by atoms with Crippen molar-refractivity contribution in [2.24, 2.45) is 0 Å². The Kier molecular flexibility index (Phi) is 9.79. The van der Waals surface area contributed by atoms with Crippen molar-refractivity contribution < 1.29 is 64.8 Å². The second-order valence-electron chi connectivity index (χ2n) is 11.8. The van der Waals surface area contributed by atoms with Gasteiger partial charge >= 0.3 is 5.12 Å². The van der Waals surface area contributed by atoms with Gasteiger partial charge in [0.25, 0.3) is 4.93 Å². The minimum atomic E-state index is -5.95. The first-order chi connectivity index (χ1) is 22.4. The number of ether oxygens (including phenoxy) is 1. The molecular formula is C32H34O14S3. The molecule has 0 bridgehead atoms. The molecule has 0 amide bonds. The number of aliphatic hydroxyl groups is 4. The third kappa shape index (κ3) is 5.48. The summed E-state index contributed by atoms with van der Waals surface area (Å²) in [6.07, 6.45) is -6.25. The molecule has 4 rings (SSSR count). The van der Waals surface area contributed by atoms with Gasteiger partial charge in [-0.1, -0.05) is 36.4 Å². The van der Waals surface area contributed by atoms with Crippen molar-refractivity contribution in [1.82, 2.24) is 0 Å². The van der Waals surface area contributed by atoms with Crippen LogP contribution in [0.3, 0.4) is 0 Å². The molecule has 1 aliphatic heterocycles. The first-order valence-electron chi connectivity index (χ1n) is 14.5. The SMILES string of the molecule is CC(=O)c1c(C)cccc1S(=O)(=O)C(O)[C@H]1O[C@@](O)(S(=O)(=O)c2cccc(C)c2C(C)=O)[C@@](O)(S(=O)(=O)c2cccc(C)c2C(C)=O)[C@H]1O. The number of carbonyl (C=O) groups is 3. The molecule has 0 aliphatic carbocycles. The molecule has 3 aromatic carbocycles. The molecule has 3 aromatic rings. The number of aryl methyl sites for hydroxylation is 3. The van der Waals surface area contributed by atoms with Gasteiger partial charge in [0.2, 0.25) is 29.5 Å². The molecule has 0 spiro atoms. The summed E-state index contributed by atoms with van der Waals surface area (Å²) >= 11 is 0. The molecule has 5 atom stereocenters. The second kappa shape index (κ2) is 12.6. The lowest BCUT2D eigenvalue weighted by molar-refractivity contribution is -0.183. The number of hydrogen-bond acceptors (Lipinski definition) is 14. The van der Waals surface area contributed by atoms with E-state index in [2.05, 4.69) is 0 Å². The summed E-state index contributed by atoms with van der Waals surface area (Å²) < 4.78 is 90.7. The fraction of sp³-hybridized carbons (Fsp3) is 0.344. The van der Waals surface area contributed by atoms with Gasteiger partial charge in [0, 0.05) is 16.7 Å². The third-order valence-electron chi connectivity index (χ3n) is 8.48. The molecule has 1 fully saturated rings. The van der Waals surface area contributed by atoms with Crippen LogP contribution in [0.1, 0.15) is 68.5 Å². The topological polar surface area (TPSA) is 244 Å². The highest BCUT2D eigenvalue weighted by molar-refractivity contribution is 7.97. The second-order valence-corrected chi connectivity index (χ2v) is 17.8. The minimum Gasteiger partial charge on any atom is -0.386 e. The van der Waals surface area contributed by atoms with Gasteiger partial charge in [0.1, 0.15) is 12.2 Å². The van der Waals surface area contributed by atoms with E-state index in [0.29, 0.717) is 0 Å². The van der Waals surface area contributed by atoms with E-state index in [1.165, 1.54) is 45.0 Å². The molecule has 14 nitrogen and oxygen atoms in total. The van der Waals surface area contributed by atoms with Gasteiger partial charge in [-0.2, -0.15) is 0 Å². The van der Waals surface area contributed by atoms with Gasteiger partial charge in [-0.15, -0.1) is 0 Å². The van der Waals surface area contributed by atoms with Gasteiger partial charge in [0.05, 0.1) is 14.7 Å².